The summed E-state index contributed by atoms with van der Waals surface area (Å²) >= 11 is 0. The highest BCUT2D eigenvalue weighted by atomic mass is 32.2. The van der Waals surface area contributed by atoms with Gasteiger partial charge < -0.3 is 9.73 Å². The molecule has 0 saturated carbocycles. The van der Waals surface area contributed by atoms with Crippen LogP contribution in [0.5, 0.6) is 0 Å². The molecule has 114 valence electrons. The van der Waals surface area contributed by atoms with E-state index in [0.717, 1.165) is 6.07 Å². The molecule has 0 atom stereocenters. The Labute approximate surface area is 123 Å². The van der Waals surface area contributed by atoms with E-state index in [1.165, 1.54) is 18.4 Å². The third-order valence-corrected chi connectivity index (χ3v) is 4.47. The first-order valence-corrected chi connectivity index (χ1v) is 7.96. The van der Waals surface area contributed by atoms with Crippen LogP contribution in [0, 0.1) is 5.82 Å². The Morgan fingerprint density at radius 1 is 1.29 bits per heavy atom. The van der Waals surface area contributed by atoms with Gasteiger partial charge in [0.25, 0.3) is 0 Å². The lowest BCUT2D eigenvalue weighted by Crippen LogP contribution is -2.27. The van der Waals surface area contributed by atoms with E-state index in [4.69, 9.17) is 4.42 Å². The number of rotatable bonds is 7. The van der Waals surface area contributed by atoms with Gasteiger partial charge >= 0.3 is 0 Å². The highest BCUT2D eigenvalue weighted by Crippen LogP contribution is 2.17. The summed E-state index contributed by atoms with van der Waals surface area (Å²) in [5.74, 6) is 0.105. The second-order valence-electron chi connectivity index (χ2n) is 4.51. The molecule has 21 heavy (non-hydrogen) atoms. The minimum Gasteiger partial charge on any atom is -0.469 e. The van der Waals surface area contributed by atoms with Crippen LogP contribution < -0.4 is 10.0 Å². The van der Waals surface area contributed by atoms with Crippen molar-refractivity contribution in [3.8, 4) is 0 Å². The van der Waals surface area contributed by atoms with E-state index in [2.05, 4.69) is 10.0 Å². The number of halogens is 1. The Balaban J connectivity index is 2.12. The van der Waals surface area contributed by atoms with Crippen molar-refractivity contribution in [2.75, 3.05) is 13.6 Å². The number of sulfonamides is 1. The fourth-order valence-electron chi connectivity index (χ4n) is 1.96. The molecular formula is C14H17FN2O3S. The summed E-state index contributed by atoms with van der Waals surface area (Å²) < 4.78 is 45.5. The minimum atomic E-state index is -3.76. The molecule has 2 aromatic rings. The van der Waals surface area contributed by atoms with Crippen molar-refractivity contribution in [1.82, 2.24) is 10.0 Å². The molecule has 0 radical (unpaired) electrons. The van der Waals surface area contributed by atoms with Gasteiger partial charge in [-0.15, -0.1) is 0 Å². The summed E-state index contributed by atoms with van der Waals surface area (Å²) in [7, 11) is -2.06. The van der Waals surface area contributed by atoms with Gasteiger partial charge in [0.05, 0.1) is 11.2 Å². The van der Waals surface area contributed by atoms with Crippen molar-refractivity contribution in [2.45, 2.75) is 17.9 Å². The van der Waals surface area contributed by atoms with Gasteiger partial charge in [-0.1, -0.05) is 6.07 Å². The minimum absolute atomic E-state index is 0.0451. The van der Waals surface area contributed by atoms with Gasteiger partial charge in [-0.3, -0.25) is 0 Å². The summed E-state index contributed by atoms with van der Waals surface area (Å²) in [5.41, 5.74) is 0.518. The van der Waals surface area contributed by atoms with Gasteiger partial charge in [0, 0.05) is 19.5 Å². The summed E-state index contributed by atoms with van der Waals surface area (Å²) in [6.45, 7) is 0.528. The molecule has 5 nitrogen and oxygen atoms in total. The molecule has 1 aromatic heterocycles. The van der Waals surface area contributed by atoms with Gasteiger partial charge in [0.1, 0.15) is 11.6 Å². The summed E-state index contributed by atoms with van der Waals surface area (Å²) in [4.78, 5) is -0.0451. The molecule has 0 aliphatic carbocycles. The van der Waals surface area contributed by atoms with E-state index in [1.54, 1.807) is 19.2 Å². The molecule has 0 aliphatic rings. The standard InChI is InChI=1S/C14H17FN2O3S/c1-16-10-11-4-5-12(15)9-14(11)21(18,19)17-7-6-13-3-2-8-20-13/h2-5,8-9,16-17H,6-7,10H2,1H3. The molecule has 1 aromatic carbocycles. The van der Waals surface area contributed by atoms with E-state index in [9.17, 15) is 12.8 Å². The highest BCUT2D eigenvalue weighted by Gasteiger charge is 2.18. The van der Waals surface area contributed by atoms with Gasteiger partial charge in [-0.25, -0.2) is 17.5 Å². The van der Waals surface area contributed by atoms with Crippen molar-refractivity contribution in [3.63, 3.8) is 0 Å². The molecule has 7 heteroatoms. The molecule has 0 bridgehead atoms. The van der Waals surface area contributed by atoms with Crippen molar-refractivity contribution < 1.29 is 17.2 Å². The lowest BCUT2D eigenvalue weighted by Gasteiger charge is -2.11. The Kier molecular flexibility index (Phi) is 5.11. The van der Waals surface area contributed by atoms with Crippen LogP contribution in [-0.2, 0) is 23.0 Å². The zero-order chi connectivity index (χ0) is 15.3. The third kappa shape index (κ3) is 4.13. The smallest absolute Gasteiger partial charge is 0.241 e. The van der Waals surface area contributed by atoms with E-state index in [-0.39, 0.29) is 11.4 Å². The van der Waals surface area contributed by atoms with E-state index >= 15 is 0 Å². The van der Waals surface area contributed by atoms with Crippen LogP contribution in [0.25, 0.3) is 0 Å². The first-order valence-electron chi connectivity index (χ1n) is 6.48. The number of benzene rings is 1. The van der Waals surface area contributed by atoms with Crippen molar-refractivity contribution in [3.05, 3.63) is 53.7 Å². The average Bonchev–Trinajstić information content (AvgIpc) is 2.94. The number of hydrogen-bond acceptors (Lipinski definition) is 4. The highest BCUT2D eigenvalue weighted by molar-refractivity contribution is 7.89. The van der Waals surface area contributed by atoms with Crippen LogP contribution in [0.4, 0.5) is 4.39 Å². The summed E-state index contributed by atoms with van der Waals surface area (Å²) in [6, 6.07) is 7.24. The largest absolute Gasteiger partial charge is 0.469 e. The fraction of sp³-hybridized carbons (Fsp3) is 0.286. The normalized spacial score (nSPS) is 11.7. The first-order chi connectivity index (χ1) is 10.0. The van der Waals surface area contributed by atoms with E-state index < -0.39 is 15.8 Å². The molecule has 0 saturated heterocycles. The van der Waals surface area contributed by atoms with Gasteiger partial charge in [0.2, 0.25) is 10.0 Å². The molecule has 0 spiro atoms. The molecule has 1 heterocycles. The van der Waals surface area contributed by atoms with Crippen LogP contribution >= 0.6 is 0 Å². The molecular weight excluding hydrogens is 295 g/mol. The molecule has 0 unspecified atom stereocenters. The monoisotopic (exact) mass is 312 g/mol. The molecule has 2 rings (SSSR count). The Hall–Kier alpha value is -1.70. The number of nitrogens with one attached hydrogen (secondary N) is 2. The maximum atomic E-state index is 13.3. The lowest BCUT2D eigenvalue weighted by atomic mass is 10.2. The van der Waals surface area contributed by atoms with Gasteiger partial charge in [-0.05, 0) is 36.9 Å². The van der Waals surface area contributed by atoms with Gasteiger partial charge in [0.15, 0.2) is 0 Å². The van der Waals surface area contributed by atoms with Crippen LogP contribution in [0.2, 0.25) is 0 Å². The Bertz CT molecular complexity index is 684. The van der Waals surface area contributed by atoms with E-state index in [1.807, 2.05) is 0 Å². The quantitative estimate of drug-likeness (QED) is 0.815. The predicted molar refractivity (Wildman–Crippen MR) is 76.8 cm³/mol. The Morgan fingerprint density at radius 2 is 2.10 bits per heavy atom. The average molecular weight is 312 g/mol. The van der Waals surface area contributed by atoms with E-state index in [0.29, 0.717) is 24.3 Å². The van der Waals surface area contributed by atoms with Crippen LogP contribution in [0.3, 0.4) is 0 Å². The predicted octanol–water partition coefficient (Wildman–Crippen LogP) is 1.66. The van der Waals surface area contributed by atoms with Crippen molar-refractivity contribution in [1.29, 1.82) is 0 Å². The summed E-state index contributed by atoms with van der Waals surface area (Å²) in [5, 5.41) is 2.86. The zero-order valence-electron chi connectivity index (χ0n) is 11.6. The Morgan fingerprint density at radius 3 is 2.76 bits per heavy atom. The molecule has 0 amide bonds. The topological polar surface area (TPSA) is 71.3 Å². The first kappa shape index (κ1) is 15.7. The number of hydrogen-bond donors (Lipinski definition) is 2. The number of furan rings is 1. The molecule has 0 fully saturated rings. The lowest BCUT2D eigenvalue weighted by molar-refractivity contribution is 0.505. The zero-order valence-corrected chi connectivity index (χ0v) is 12.4. The molecule has 2 N–H and O–H groups in total. The van der Waals surface area contributed by atoms with Crippen LogP contribution in [0.1, 0.15) is 11.3 Å². The molecule has 0 aliphatic heterocycles. The summed E-state index contributed by atoms with van der Waals surface area (Å²) in [6.07, 6.45) is 1.96. The van der Waals surface area contributed by atoms with Gasteiger partial charge in [-0.2, -0.15) is 0 Å². The second kappa shape index (κ2) is 6.84. The maximum Gasteiger partial charge on any atom is 0.241 e. The SMILES string of the molecule is CNCc1ccc(F)cc1S(=O)(=O)NCCc1ccco1. The maximum absolute atomic E-state index is 13.3. The third-order valence-electron chi connectivity index (χ3n) is 2.93. The fourth-order valence-corrected chi connectivity index (χ4v) is 3.24. The van der Waals surface area contributed by atoms with Crippen LogP contribution in [0.15, 0.2) is 45.9 Å². The second-order valence-corrected chi connectivity index (χ2v) is 6.24. The van der Waals surface area contributed by atoms with Crippen molar-refractivity contribution in [2.24, 2.45) is 0 Å². The van der Waals surface area contributed by atoms with Crippen LogP contribution in [-0.4, -0.2) is 22.0 Å². The van der Waals surface area contributed by atoms with Crippen molar-refractivity contribution >= 4 is 10.0 Å².